The first-order chi connectivity index (χ1) is 8.06. The molecule has 0 heterocycles. The second kappa shape index (κ2) is 8.63. The average molecular weight is 239 g/mol. The fourth-order valence-electron chi connectivity index (χ4n) is 1.43. The van der Waals surface area contributed by atoms with Gasteiger partial charge in [0.1, 0.15) is 5.76 Å². The van der Waals surface area contributed by atoms with Crippen LogP contribution in [0.3, 0.4) is 0 Å². The van der Waals surface area contributed by atoms with E-state index in [4.69, 9.17) is 16.4 Å². The first-order valence-corrected chi connectivity index (χ1v) is 6.01. The Labute approximate surface area is 103 Å². The molecular weight excluding hydrogens is 218 g/mol. The Morgan fingerprint density at radius 3 is 2.53 bits per heavy atom. The molecule has 0 spiro atoms. The van der Waals surface area contributed by atoms with E-state index < -0.39 is 5.97 Å². The summed E-state index contributed by atoms with van der Waals surface area (Å²) in [5.41, 5.74) is -0.324. The average Bonchev–Trinajstić information content (AvgIpc) is 2.29. The summed E-state index contributed by atoms with van der Waals surface area (Å²) in [4.78, 5) is 14.4. The molecule has 96 valence electrons. The van der Waals surface area contributed by atoms with Gasteiger partial charge in [-0.25, -0.2) is 4.85 Å². The first kappa shape index (κ1) is 15.5. The molecule has 1 atom stereocenters. The second-order valence-corrected chi connectivity index (χ2v) is 4.06. The normalized spacial score (nSPS) is 13.5. The third-order valence-corrected chi connectivity index (χ3v) is 2.64. The van der Waals surface area contributed by atoms with Crippen LogP contribution in [0.2, 0.25) is 0 Å². The first-order valence-electron chi connectivity index (χ1n) is 6.01. The monoisotopic (exact) mass is 239 g/mol. The van der Waals surface area contributed by atoms with Gasteiger partial charge in [0.15, 0.2) is 0 Å². The van der Waals surface area contributed by atoms with E-state index in [0.717, 1.165) is 25.7 Å². The second-order valence-electron chi connectivity index (χ2n) is 4.06. The third kappa shape index (κ3) is 5.96. The van der Waals surface area contributed by atoms with E-state index >= 15 is 0 Å². The van der Waals surface area contributed by atoms with E-state index in [-0.39, 0.29) is 11.5 Å². The number of rotatable bonds is 7. The summed E-state index contributed by atoms with van der Waals surface area (Å²) < 4.78 is 5.04. The van der Waals surface area contributed by atoms with Crippen molar-refractivity contribution < 1.29 is 14.6 Å². The number of nitrogens with zero attached hydrogens (tertiary/aromatic N) is 1. The number of allylic oxidation sites excluding steroid dienone is 1. The lowest BCUT2D eigenvalue weighted by Crippen LogP contribution is -2.15. The summed E-state index contributed by atoms with van der Waals surface area (Å²) in [6, 6.07) is 0. The molecule has 0 radical (unpaired) electrons. The van der Waals surface area contributed by atoms with Gasteiger partial charge in [-0.1, -0.05) is 33.1 Å². The maximum Gasteiger partial charge on any atom is 0.339 e. The minimum atomic E-state index is -0.727. The molecule has 0 aliphatic carbocycles. The minimum absolute atomic E-state index is 0.286. The van der Waals surface area contributed by atoms with Crippen LogP contribution in [0.5, 0.6) is 0 Å². The van der Waals surface area contributed by atoms with Gasteiger partial charge in [0.2, 0.25) is 0 Å². The van der Waals surface area contributed by atoms with Gasteiger partial charge in [-0.15, -0.1) is 0 Å². The molecule has 1 N–H and O–H groups in total. The Kier molecular flexibility index (Phi) is 7.87. The standard InChI is InChI=1S/C13H21NO3/c1-5-7-8-11(6-2)9-17-13(16)12(14-4)10(3)15/h11,15H,5-9H2,1-3H3/b12-10+. The molecule has 0 amide bonds. The van der Waals surface area contributed by atoms with Crippen molar-refractivity contribution in [2.45, 2.75) is 46.5 Å². The van der Waals surface area contributed by atoms with Crippen molar-refractivity contribution >= 4 is 5.97 Å². The maximum atomic E-state index is 11.5. The number of unbranched alkanes of at least 4 members (excludes halogenated alkanes) is 1. The lowest BCUT2D eigenvalue weighted by molar-refractivity contribution is -0.140. The quantitative estimate of drug-likeness (QED) is 0.320. The van der Waals surface area contributed by atoms with Crippen LogP contribution in [-0.2, 0) is 9.53 Å². The van der Waals surface area contributed by atoms with Gasteiger partial charge in [0, 0.05) is 0 Å². The Balaban J connectivity index is 4.23. The van der Waals surface area contributed by atoms with Crippen LogP contribution in [0.15, 0.2) is 11.5 Å². The molecule has 0 saturated heterocycles. The Bertz CT molecular complexity index is 311. The van der Waals surface area contributed by atoms with Crippen LogP contribution in [0.1, 0.15) is 46.5 Å². The summed E-state index contributed by atoms with van der Waals surface area (Å²) in [5, 5.41) is 9.11. The van der Waals surface area contributed by atoms with E-state index in [9.17, 15) is 4.79 Å². The smallest absolute Gasteiger partial charge is 0.339 e. The molecule has 0 aromatic carbocycles. The van der Waals surface area contributed by atoms with Gasteiger partial charge in [-0.2, -0.15) is 0 Å². The van der Waals surface area contributed by atoms with Crippen molar-refractivity contribution in [3.63, 3.8) is 0 Å². The molecule has 17 heavy (non-hydrogen) atoms. The molecule has 0 aromatic heterocycles. The SMILES string of the molecule is [C-]#[N+]/C(C(=O)OCC(CC)CCCC)=C(\C)O. The molecule has 0 aromatic rings. The third-order valence-electron chi connectivity index (χ3n) is 2.64. The van der Waals surface area contributed by atoms with Crippen LogP contribution in [0, 0.1) is 12.5 Å². The molecule has 0 bridgehead atoms. The number of esters is 1. The lowest BCUT2D eigenvalue weighted by atomic mass is 10.0. The summed E-state index contributed by atoms with van der Waals surface area (Å²) in [5.74, 6) is -0.675. The molecule has 0 aliphatic rings. The zero-order valence-corrected chi connectivity index (χ0v) is 10.8. The van der Waals surface area contributed by atoms with E-state index in [2.05, 4.69) is 18.7 Å². The summed E-state index contributed by atoms with van der Waals surface area (Å²) >= 11 is 0. The van der Waals surface area contributed by atoms with Crippen LogP contribution in [0.4, 0.5) is 0 Å². The summed E-state index contributed by atoms with van der Waals surface area (Å²) in [7, 11) is 0. The molecule has 0 fully saturated rings. The Morgan fingerprint density at radius 2 is 2.12 bits per heavy atom. The van der Waals surface area contributed by atoms with Crippen LogP contribution in [0.25, 0.3) is 4.85 Å². The van der Waals surface area contributed by atoms with Gasteiger partial charge in [0.25, 0.3) is 0 Å². The zero-order chi connectivity index (χ0) is 13.3. The fraction of sp³-hybridized carbons (Fsp3) is 0.692. The van der Waals surface area contributed by atoms with E-state index in [1.165, 1.54) is 6.92 Å². The van der Waals surface area contributed by atoms with Crippen molar-refractivity contribution in [2.24, 2.45) is 5.92 Å². The van der Waals surface area contributed by atoms with E-state index in [1.54, 1.807) is 0 Å². The van der Waals surface area contributed by atoms with Crippen LogP contribution < -0.4 is 0 Å². The van der Waals surface area contributed by atoms with Crippen molar-refractivity contribution in [1.29, 1.82) is 0 Å². The number of aliphatic hydroxyl groups is 1. The highest BCUT2D eigenvalue weighted by molar-refractivity contribution is 5.90. The van der Waals surface area contributed by atoms with Crippen LogP contribution in [-0.4, -0.2) is 17.7 Å². The largest absolute Gasteiger partial charge is 0.523 e. The molecule has 0 saturated carbocycles. The van der Waals surface area contributed by atoms with Crippen molar-refractivity contribution in [1.82, 2.24) is 0 Å². The Hall–Kier alpha value is -1.50. The molecule has 1 unspecified atom stereocenters. The number of aliphatic hydroxyl groups excluding tert-OH is 1. The van der Waals surface area contributed by atoms with Gasteiger partial charge >= 0.3 is 11.7 Å². The molecule has 0 aliphatic heterocycles. The highest BCUT2D eigenvalue weighted by atomic mass is 16.5. The van der Waals surface area contributed by atoms with Gasteiger partial charge in [0.05, 0.1) is 13.2 Å². The summed E-state index contributed by atoms with van der Waals surface area (Å²) in [6.45, 7) is 12.6. The predicted molar refractivity (Wildman–Crippen MR) is 66.2 cm³/mol. The number of ether oxygens (including phenoxy) is 1. The summed E-state index contributed by atoms with van der Waals surface area (Å²) in [6.07, 6.45) is 4.20. The molecule has 4 nitrogen and oxygen atoms in total. The van der Waals surface area contributed by atoms with E-state index in [1.807, 2.05) is 0 Å². The number of hydrogen-bond acceptors (Lipinski definition) is 3. The van der Waals surface area contributed by atoms with E-state index in [0.29, 0.717) is 12.5 Å². The molecule has 0 rings (SSSR count). The highest BCUT2D eigenvalue weighted by Gasteiger charge is 2.17. The van der Waals surface area contributed by atoms with Crippen molar-refractivity contribution in [3.05, 3.63) is 22.9 Å². The van der Waals surface area contributed by atoms with Crippen LogP contribution >= 0.6 is 0 Å². The minimum Gasteiger partial charge on any atom is -0.523 e. The van der Waals surface area contributed by atoms with Crippen molar-refractivity contribution in [3.8, 4) is 0 Å². The van der Waals surface area contributed by atoms with Gasteiger partial charge in [-0.3, -0.25) is 4.79 Å². The lowest BCUT2D eigenvalue weighted by Gasteiger charge is -2.14. The highest BCUT2D eigenvalue weighted by Crippen LogP contribution is 2.14. The number of hydrogen-bond donors (Lipinski definition) is 1. The number of carbonyl (C=O) groups excluding carboxylic acids is 1. The Morgan fingerprint density at radius 1 is 1.47 bits per heavy atom. The predicted octanol–water partition coefficient (Wildman–Crippen LogP) is 3.45. The molecule has 4 heteroatoms. The fourth-order valence-corrected chi connectivity index (χ4v) is 1.43. The maximum absolute atomic E-state index is 11.5. The van der Waals surface area contributed by atoms with Gasteiger partial charge < -0.3 is 9.84 Å². The van der Waals surface area contributed by atoms with Crippen molar-refractivity contribution in [2.75, 3.05) is 6.61 Å². The molecular formula is C13H21NO3. The number of carbonyl (C=O) groups is 1. The zero-order valence-electron chi connectivity index (χ0n) is 10.8. The van der Waals surface area contributed by atoms with Gasteiger partial charge in [-0.05, 0) is 19.3 Å². The topological polar surface area (TPSA) is 50.9 Å².